The highest BCUT2D eigenvalue weighted by molar-refractivity contribution is 9.10. The Kier molecular flexibility index (Phi) is 6.08. The summed E-state index contributed by atoms with van der Waals surface area (Å²) >= 11 is 9.42. The number of hydrogen-bond donors (Lipinski definition) is 1. The summed E-state index contributed by atoms with van der Waals surface area (Å²) in [4.78, 5) is 21.1. The molecule has 0 amide bonds. The third-order valence-corrected chi connectivity index (χ3v) is 4.55. The first kappa shape index (κ1) is 19.3. The van der Waals surface area contributed by atoms with Crippen molar-refractivity contribution in [3.05, 3.63) is 86.7 Å². The van der Waals surface area contributed by atoms with Crippen molar-refractivity contribution in [2.75, 3.05) is 12.4 Å². The molecule has 5 nitrogen and oxygen atoms in total. The normalized spacial score (nSPS) is 11.7. The zero-order valence-electron chi connectivity index (χ0n) is 14.7. The van der Waals surface area contributed by atoms with E-state index in [0.717, 1.165) is 21.2 Å². The number of rotatable bonds is 5. The number of nitrogens with one attached hydrogen (secondary N) is 1. The molecule has 27 heavy (non-hydrogen) atoms. The lowest BCUT2D eigenvalue weighted by Crippen LogP contribution is -2.14. The number of hydrogen-bond acceptors (Lipinski definition) is 5. The molecule has 2 heterocycles. The number of pyridine rings is 2. The van der Waals surface area contributed by atoms with Gasteiger partial charge < -0.3 is 10.1 Å². The number of halogens is 2. The van der Waals surface area contributed by atoms with Crippen LogP contribution in [0.25, 0.3) is 0 Å². The summed E-state index contributed by atoms with van der Waals surface area (Å²) in [6.45, 7) is 2.00. The molecule has 0 saturated heterocycles. The van der Waals surface area contributed by atoms with Crippen LogP contribution in [0.1, 0.15) is 33.2 Å². The predicted octanol–water partition coefficient (Wildman–Crippen LogP) is 5.19. The second kappa shape index (κ2) is 8.50. The third-order valence-electron chi connectivity index (χ3n) is 3.92. The zero-order chi connectivity index (χ0) is 19.4. The van der Waals surface area contributed by atoms with Gasteiger partial charge in [-0.1, -0.05) is 41.4 Å². The number of ether oxygens (including phenoxy) is 1. The van der Waals surface area contributed by atoms with Crippen LogP contribution in [0.3, 0.4) is 0 Å². The zero-order valence-corrected chi connectivity index (χ0v) is 17.1. The molecule has 7 heteroatoms. The van der Waals surface area contributed by atoms with Crippen LogP contribution >= 0.6 is 27.5 Å². The second-order valence-electron chi connectivity index (χ2n) is 5.95. The van der Waals surface area contributed by atoms with Gasteiger partial charge in [0.1, 0.15) is 11.0 Å². The number of esters is 1. The molecule has 0 fully saturated rings. The minimum absolute atomic E-state index is 0.213. The Hall–Kier alpha value is -2.44. The first-order chi connectivity index (χ1) is 13.0. The van der Waals surface area contributed by atoms with Gasteiger partial charge in [-0.15, -0.1) is 0 Å². The molecule has 0 aliphatic carbocycles. The minimum atomic E-state index is -0.604. The van der Waals surface area contributed by atoms with E-state index in [9.17, 15) is 4.79 Å². The highest BCUT2D eigenvalue weighted by Gasteiger charge is 2.21. The standard InChI is InChI=1S/C20H17BrClN3O2/c1-12-3-5-13(6-4-12)19(15-7-16(21)11-24-10-15)27-20(26)14-8-17(22)25-18(9-14)23-2/h3-11,19H,1-2H3,(H,23,25). The molecule has 1 unspecified atom stereocenters. The van der Waals surface area contributed by atoms with E-state index in [0.29, 0.717) is 11.4 Å². The van der Waals surface area contributed by atoms with Gasteiger partial charge in [-0.2, -0.15) is 0 Å². The Morgan fingerprint density at radius 2 is 1.89 bits per heavy atom. The quantitative estimate of drug-likeness (QED) is 0.432. The van der Waals surface area contributed by atoms with Crippen LogP contribution in [0.4, 0.5) is 5.82 Å². The van der Waals surface area contributed by atoms with Crippen LogP contribution in [0.15, 0.2) is 59.3 Å². The van der Waals surface area contributed by atoms with Crippen molar-refractivity contribution < 1.29 is 9.53 Å². The van der Waals surface area contributed by atoms with Crippen molar-refractivity contribution in [2.45, 2.75) is 13.0 Å². The molecular weight excluding hydrogens is 430 g/mol. The molecule has 1 aromatic carbocycles. The van der Waals surface area contributed by atoms with Gasteiger partial charge in [0, 0.05) is 29.5 Å². The number of aromatic nitrogens is 2. The topological polar surface area (TPSA) is 64.1 Å². The number of aryl methyl sites for hydroxylation is 1. The number of carbonyl (C=O) groups excluding carboxylic acids is 1. The highest BCUT2D eigenvalue weighted by atomic mass is 79.9. The van der Waals surface area contributed by atoms with E-state index in [-0.39, 0.29) is 5.15 Å². The van der Waals surface area contributed by atoms with Crippen LogP contribution in [0.5, 0.6) is 0 Å². The molecule has 3 rings (SSSR count). The largest absolute Gasteiger partial charge is 0.449 e. The Morgan fingerprint density at radius 1 is 1.15 bits per heavy atom. The van der Waals surface area contributed by atoms with Crippen LogP contribution < -0.4 is 5.32 Å². The number of nitrogens with zero attached hydrogens (tertiary/aromatic N) is 2. The molecule has 3 aromatic rings. The fourth-order valence-electron chi connectivity index (χ4n) is 2.56. The van der Waals surface area contributed by atoms with E-state index < -0.39 is 12.1 Å². The lowest BCUT2D eigenvalue weighted by molar-refractivity contribution is 0.0377. The summed E-state index contributed by atoms with van der Waals surface area (Å²) in [6, 6.07) is 12.8. The molecule has 0 bridgehead atoms. The molecule has 0 aliphatic rings. The van der Waals surface area contributed by atoms with Gasteiger partial charge in [-0.25, -0.2) is 9.78 Å². The summed E-state index contributed by atoms with van der Waals surface area (Å²) in [5, 5.41) is 3.09. The van der Waals surface area contributed by atoms with Crippen molar-refractivity contribution in [3.63, 3.8) is 0 Å². The summed E-state index contributed by atoms with van der Waals surface area (Å²) in [5.74, 6) is -0.00758. The predicted molar refractivity (Wildman–Crippen MR) is 109 cm³/mol. The molecule has 138 valence electrons. The molecule has 0 aliphatic heterocycles. The number of carbonyl (C=O) groups is 1. The van der Waals surface area contributed by atoms with Gasteiger partial charge in [0.2, 0.25) is 0 Å². The summed E-state index contributed by atoms with van der Waals surface area (Å²) in [7, 11) is 1.70. The SMILES string of the molecule is CNc1cc(C(=O)OC(c2ccc(C)cc2)c2cncc(Br)c2)cc(Cl)n1. The molecular formula is C20H17BrClN3O2. The lowest BCUT2D eigenvalue weighted by atomic mass is 10.0. The van der Waals surface area contributed by atoms with Crippen molar-refractivity contribution in [2.24, 2.45) is 0 Å². The second-order valence-corrected chi connectivity index (χ2v) is 7.25. The van der Waals surface area contributed by atoms with Crippen LogP contribution in [0, 0.1) is 6.92 Å². The van der Waals surface area contributed by atoms with Gasteiger partial charge in [-0.05, 0) is 46.6 Å². The Morgan fingerprint density at radius 3 is 2.56 bits per heavy atom. The fraction of sp³-hybridized carbons (Fsp3) is 0.150. The average Bonchev–Trinajstić information content (AvgIpc) is 2.66. The Labute approximate surface area is 170 Å². The Bertz CT molecular complexity index is 964. The summed E-state index contributed by atoms with van der Waals surface area (Å²) in [5.41, 5.74) is 3.05. The van der Waals surface area contributed by atoms with Gasteiger partial charge in [-0.3, -0.25) is 4.98 Å². The lowest BCUT2D eigenvalue weighted by Gasteiger charge is -2.19. The average molecular weight is 447 g/mol. The Balaban J connectivity index is 1.97. The fourth-order valence-corrected chi connectivity index (χ4v) is 3.15. The van der Waals surface area contributed by atoms with Crippen LogP contribution in [-0.4, -0.2) is 23.0 Å². The number of anilines is 1. The minimum Gasteiger partial charge on any atom is -0.449 e. The highest BCUT2D eigenvalue weighted by Crippen LogP contribution is 2.29. The monoisotopic (exact) mass is 445 g/mol. The van der Waals surface area contributed by atoms with Crippen molar-refractivity contribution in [3.8, 4) is 0 Å². The molecule has 1 N–H and O–H groups in total. The van der Waals surface area contributed by atoms with Crippen molar-refractivity contribution >= 4 is 39.3 Å². The van der Waals surface area contributed by atoms with E-state index >= 15 is 0 Å². The van der Waals surface area contributed by atoms with E-state index in [4.69, 9.17) is 16.3 Å². The van der Waals surface area contributed by atoms with Gasteiger partial charge in [0.15, 0.2) is 6.10 Å². The van der Waals surface area contributed by atoms with E-state index in [1.54, 1.807) is 25.5 Å². The molecule has 0 spiro atoms. The van der Waals surface area contributed by atoms with Crippen LogP contribution in [0.2, 0.25) is 5.15 Å². The number of benzene rings is 1. The third kappa shape index (κ3) is 4.84. The van der Waals surface area contributed by atoms with Crippen molar-refractivity contribution in [1.82, 2.24) is 9.97 Å². The van der Waals surface area contributed by atoms with Gasteiger partial charge >= 0.3 is 5.97 Å². The first-order valence-corrected chi connectivity index (χ1v) is 9.36. The summed E-state index contributed by atoms with van der Waals surface area (Å²) < 4.78 is 6.65. The first-order valence-electron chi connectivity index (χ1n) is 8.19. The van der Waals surface area contributed by atoms with E-state index in [1.165, 1.54) is 6.07 Å². The van der Waals surface area contributed by atoms with Crippen molar-refractivity contribution in [1.29, 1.82) is 0 Å². The van der Waals surface area contributed by atoms with Crippen LogP contribution in [-0.2, 0) is 4.74 Å². The maximum absolute atomic E-state index is 12.8. The maximum atomic E-state index is 12.8. The molecule has 0 saturated carbocycles. The summed E-state index contributed by atoms with van der Waals surface area (Å²) in [6.07, 6.45) is 2.76. The van der Waals surface area contributed by atoms with E-state index in [2.05, 4.69) is 31.2 Å². The maximum Gasteiger partial charge on any atom is 0.339 e. The molecule has 0 radical (unpaired) electrons. The van der Waals surface area contributed by atoms with Gasteiger partial charge in [0.05, 0.1) is 5.56 Å². The molecule has 1 atom stereocenters. The van der Waals surface area contributed by atoms with Gasteiger partial charge in [0.25, 0.3) is 0 Å². The van der Waals surface area contributed by atoms with E-state index in [1.807, 2.05) is 37.3 Å². The smallest absolute Gasteiger partial charge is 0.339 e. The molecule has 2 aromatic heterocycles.